The van der Waals surface area contributed by atoms with Gasteiger partial charge in [-0.05, 0) is 47.6 Å². The molecule has 0 saturated carbocycles. The van der Waals surface area contributed by atoms with Gasteiger partial charge in [0.1, 0.15) is 23.8 Å². The topological polar surface area (TPSA) is 124 Å². The quantitative estimate of drug-likeness (QED) is 0.237. The molecule has 0 saturated heterocycles. The third-order valence-electron chi connectivity index (χ3n) is 8.66. The van der Waals surface area contributed by atoms with E-state index in [1.165, 1.54) is 22.7 Å². The lowest BCUT2D eigenvalue weighted by atomic mass is 9.90. The molecule has 1 amide bonds. The molecule has 11 heteroatoms. The number of nitrogens with zero attached hydrogens (tertiary/aromatic N) is 5. The molecule has 5 heterocycles. The summed E-state index contributed by atoms with van der Waals surface area (Å²) in [7, 11) is 1.66. The van der Waals surface area contributed by atoms with Gasteiger partial charge >= 0.3 is 5.97 Å². The Morgan fingerprint density at radius 2 is 1.85 bits per heavy atom. The first-order chi connectivity index (χ1) is 22.1. The van der Waals surface area contributed by atoms with Crippen LogP contribution in [-0.2, 0) is 42.6 Å². The molecule has 5 aromatic rings. The van der Waals surface area contributed by atoms with Crippen LogP contribution in [0.2, 0.25) is 0 Å². The van der Waals surface area contributed by atoms with Crippen molar-refractivity contribution in [2.45, 2.75) is 46.8 Å². The zero-order valence-corrected chi connectivity index (χ0v) is 26.2. The second-order valence-corrected chi connectivity index (χ2v) is 12.7. The van der Waals surface area contributed by atoms with E-state index in [0.29, 0.717) is 52.9 Å². The van der Waals surface area contributed by atoms with Crippen LogP contribution in [-0.4, -0.2) is 37.7 Å². The molecule has 4 aromatic heterocycles. The molecule has 0 bridgehead atoms. The molecule has 46 heavy (non-hydrogen) atoms. The fraction of sp³-hybridized carbons (Fsp3) is 0.286. The number of fused-ring (bicyclic) bond motifs is 3. The van der Waals surface area contributed by atoms with Gasteiger partial charge in [0.2, 0.25) is 0 Å². The number of hydrogen-bond donors (Lipinski definition) is 1. The van der Waals surface area contributed by atoms with Crippen molar-refractivity contribution in [2.24, 2.45) is 12.5 Å². The van der Waals surface area contributed by atoms with Crippen molar-refractivity contribution < 1.29 is 18.8 Å². The Morgan fingerprint density at radius 3 is 2.63 bits per heavy atom. The lowest BCUT2D eigenvalue weighted by Crippen LogP contribution is -2.41. The van der Waals surface area contributed by atoms with E-state index in [1.54, 1.807) is 42.5 Å². The Hall–Kier alpha value is -5.45. The Morgan fingerprint density at radius 1 is 1.04 bits per heavy atom. The van der Waals surface area contributed by atoms with E-state index in [2.05, 4.69) is 33.9 Å². The maximum Gasteiger partial charge on any atom is 0.302 e. The predicted octanol–water partition coefficient (Wildman–Crippen LogP) is 5.50. The zero-order chi connectivity index (χ0) is 32.2. The number of amides is 1. The molecule has 1 aliphatic carbocycles. The third-order valence-corrected chi connectivity index (χ3v) is 8.66. The minimum atomic E-state index is -0.457. The second kappa shape index (κ2) is 11.2. The van der Waals surface area contributed by atoms with Gasteiger partial charge in [0.25, 0.3) is 11.5 Å². The molecular weight excluding hydrogens is 584 g/mol. The number of carbonyl (C=O) groups excluding carboxylic acids is 2. The minimum Gasteiger partial charge on any atom is -0.461 e. The van der Waals surface area contributed by atoms with Crippen molar-refractivity contribution in [3.05, 3.63) is 99.9 Å². The molecule has 0 atom stereocenters. The number of esters is 1. The summed E-state index contributed by atoms with van der Waals surface area (Å²) in [6.07, 6.45) is 5.21. The minimum absolute atomic E-state index is 0.0986. The number of benzene rings is 1. The molecule has 2 aliphatic rings. The van der Waals surface area contributed by atoms with Crippen molar-refractivity contribution in [1.82, 2.24) is 19.3 Å². The van der Waals surface area contributed by atoms with E-state index < -0.39 is 5.97 Å². The molecular formula is C35H34N6O5. The summed E-state index contributed by atoms with van der Waals surface area (Å²) < 4.78 is 14.6. The van der Waals surface area contributed by atoms with Crippen LogP contribution in [0.1, 0.15) is 48.1 Å². The molecule has 1 aromatic carbocycles. The number of pyridine rings is 2. The molecule has 11 nitrogen and oxygen atoms in total. The SMILES string of the molecule is CC(=O)OCc1c(-c2cc(Nc3cc(-c4ccccc4)on3)c(=O)n(C)c2)ccnc1N1CCn2c(cc3c2CC(C)(C)C3)C1=O. The standard InChI is InChI=1S/C35H34N6O5/c1-21(42)45-20-26-25(10-11-36-32(26)41-13-12-40-28(34(41)44)15-23-17-35(2,3)18-29(23)40)24-14-27(33(43)39(4)19-24)37-31-16-30(46-38-31)22-8-6-5-7-9-22/h5-11,14-16,19H,12-13,17-18,20H2,1-4H3,(H,37,38). The number of carbonyl (C=O) groups is 2. The number of anilines is 3. The maximum absolute atomic E-state index is 14.0. The average Bonchev–Trinajstić information content (AvgIpc) is 3.71. The van der Waals surface area contributed by atoms with Crippen molar-refractivity contribution in [1.29, 1.82) is 0 Å². The zero-order valence-electron chi connectivity index (χ0n) is 26.2. The maximum atomic E-state index is 14.0. The average molecular weight is 619 g/mol. The van der Waals surface area contributed by atoms with Gasteiger partial charge in [-0.15, -0.1) is 0 Å². The molecule has 7 rings (SSSR count). The van der Waals surface area contributed by atoms with Crippen LogP contribution >= 0.6 is 0 Å². The van der Waals surface area contributed by atoms with E-state index >= 15 is 0 Å². The fourth-order valence-corrected chi connectivity index (χ4v) is 6.57. The van der Waals surface area contributed by atoms with E-state index in [9.17, 15) is 14.4 Å². The molecule has 0 fully saturated rings. The largest absolute Gasteiger partial charge is 0.461 e. The van der Waals surface area contributed by atoms with Crippen LogP contribution < -0.4 is 15.8 Å². The molecule has 0 unspecified atom stereocenters. The van der Waals surface area contributed by atoms with Crippen LogP contribution in [0.4, 0.5) is 17.3 Å². The summed E-state index contributed by atoms with van der Waals surface area (Å²) in [6.45, 7) is 6.81. The van der Waals surface area contributed by atoms with E-state index in [1.807, 2.05) is 36.4 Å². The lowest BCUT2D eigenvalue weighted by Gasteiger charge is -2.31. The number of nitrogens with one attached hydrogen (secondary N) is 1. The number of aromatic nitrogens is 4. The smallest absolute Gasteiger partial charge is 0.302 e. The van der Waals surface area contributed by atoms with Crippen molar-refractivity contribution in [2.75, 3.05) is 16.8 Å². The van der Waals surface area contributed by atoms with Crippen molar-refractivity contribution in [3.8, 4) is 22.5 Å². The Balaban J connectivity index is 1.25. The highest BCUT2D eigenvalue weighted by atomic mass is 16.5. The normalized spacial score (nSPS) is 15.0. The van der Waals surface area contributed by atoms with Gasteiger partial charge in [-0.2, -0.15) is 0 Å². The Labute approximate surface area is 265 Å². The predicted molar refractivity (Wildman–Crippen MR) is 173 cm³/mol. The van der Waals surface area contributed by atoms with Crippen molar-refractivity contribution in [3.63, 3.8) is 0 Å². The highest BCUT2D eigenvalue weighted by Gasteiger charge is 2.37. The Kier molecular flexibility index (Phi) is 7.11. The number of rotatable bonds is 7. The van der Waals surface area contributed by atoms with E-state index in [-0.39, 0.29) is 29.2 Å². The van der Waals surface area contributed by atoms with Crippen LogP contribution in [0, 0.1) is 5.41 Å². The summed E-state index contributed by atoms with van der Waals surface area (Å²) in [5.74, 6) is 0.756. The van der Waals surface area contributed by atoms with Crippen LogP contribution in [0.3, 0.4) is 0 Å². The van der Waals surface area contributed by atoms with Gasteiger partial charge in [-0.1, -0.05) is 49.3 Å². The van der Waals surface area contributed by atoms with E-state index in [0.717, 1.165) is 18.4 Å². The summed E-state index contributed by atoms with van der Waals surface area (Å²) in [5, 5.41) is 7.20. The molecule has 0 radical (unpaired) electrons. The van der Waals surface area contributed by atoms with Crippen LogP contribution in [0.15, 0.2) is 76.3 Å². The van der Waals surface area contributed by atoms with Gasteiger partial charge in [-0.25, -0.2) is 4.98 Å². The summed E-state index contributed by atoms with van der Waals surface area (Å²) in [4.78, 5) is 45.5. The van der Waals surface area contributed by atoms with Crippen LogP contribution in [0.25, 0.3) is 22.5 Å². The summed E-state index contributed by atoms with van der Waals surface area (Å²) >= 11 is 0. The first-order valence-corrected chi connectivity index (χ1v) is 15.2. The van der Waals surface area contributed by atoms with Gasteiger partial charge in [0, 0.05) is 67.9 Å². The van der Waals surface area contributed by atoms with Gasteiger partial charge in [0.15, 0.2) is 11.6 Å². The third kappa shape index (κ3) is 5.27. The molecule has 1 aliphatic heterocycles. The van der Waals surface area contributed by atoms with E-state index in [4.69, 9.17) is 9.26 Å². The fourth-order valence-electron chi connectivity index (χ4n) is 6.57. The van der Waals surface area contributed by atoms with Gasteiger partial charge in [-0.3, -0.25) is 19.3 Å². The summed E-state index contributed by atoms with van der Waals surface area (Å²) in [6, 6.07) is 16.8. The monoisotopic (exact) mass is 618 g/mol. The molecule has 0 spiro atoms. The Bertz CT molecular complexity index is 2060. The number of hydrogen-bond acceptors (Lipinski definition) is 8. The lowest BCUT2D eigenvalue weighted by molar-refractivity contribution is -0.142. The van der Waals surface area contributed by atoms with Gasteiger partial charge in [0.05, 0.1) is 0 Å². The highest BCUT2D eigenvalue weighted by molar-refractivity contribution is 6.06. The first-order valence-electron chi connectivity index (χ1n) is 15.2. The van der Waals surface area contributed by atoms with Crippen LogP contribution in [0.5, 0.6) is 0 Å². The first kappa shape index (κ1) is 29.3. The number of aryl methyl sites for hydroxylation is 1. The molecule has 1 N–H and O–H groups in total. The number of ether oxygens (including phenoxy) is 1. The second-order valence-electron chi connectivity index (χ2n) is 12.7. The van der Waals surface area contributed by atoms with Gasteiger partial charge < -0.3 is 23.7 Å². The summed E-state index contributed by atoms with van der Waals surface area (Å²) in [5.41, 5.74) is 6.06. The molecule has 234 valence electrons. The van der Waals surface area contributed by atoms with Crippen molar-refractivity contribution >= 4 is 29.2 Å². The highest BCUT2D eigenvalue weighted by Crippen LogP contribution is 2.40.